The highest BCUT2D eigenvalue weighted by Crippen LogP contribution is 2.27. The molecule has 0 atom stereocenters. The number of hydrogen-bond donors (Lipinski definition) is 2. The minimum atomic E-state index is 0.740. The molecule has 0 aliphatic rings. The van der Waals surface area contributed by atoms with Crippen LogP contribution in [-0.2, 0) is 6.42 Å². The van der Waals surface area contributed by atoms with E-state index in [0.717, 1.165) is 19.4 Å². The van der Waals surface area contributed by atoms with Crippen molar-refractivity contribution in [3.8, 4) is 11.1 Å². The van der Waals surface area contributed by atoms with Crippen LogP contribution in [0.3, 0.4) is 0 Å². The van der Waals surface area contributed by atoms with Gasteiger partial charge >= 0.3 is 0 Å². The molecule has 1 aromatic heterocycles. The van der Waals surface area contributed by atoms with Gasteiger partial charge in [0.2, 0.25) is 0 Å². The zero-order chi connectivity index (χ0) is 13.9. The normalized spacial score (nSPS) is 11.1. The van der Waals surface area contributed by atoms with Crippen molar-refractivity contribution in [3.05, 3.63) is 59.8 Å². The summed E-state index contributed by atoms with van der Waals surface area (Å²) < 4.78 is 0. The first kappa shape index (κ1) is 12.9. The standard InChI is InChI=1S/C18H20N2/c1-13-4-2-5-14(10-13)15-7-8-18-17(11-15)16(12-20-18)6-3-9-19/h2,4-5,7-8,10-12,20H,3,6,9,19H2,1H3. The number of fused-ring (bicyclic) bond motifs is 1. The largest absolute Gasteiger partial charge is 0.361 e. The molecule has 0 saturated carbocycles. The lowest BCUT2D eigenvalue weighted by Gasteiger charge is -2.04. The molecule has 2 nitrogen and oxygen atoms in total. The Morgan fingerprint density at radius 3 is 2.70 bits per heavy atom. The summed E-state index contributed by atoms with van der Waals surface area (Å²) in [5, 5.41) is 1.32. The van der Waals surface area contributed by atoms with Gasteiger partial charge in [0.05, 0.1) is 0 Å². The minimum absolute atomic E-state index is 0.740. The highest BCUT2D eigenvalue weighted by atomic mass is 14.7. The van der Waals surface area contributed by atoms with Gasteiger partial charge in [0.1, 0.15) is 0 Å². The molecule has 0 amide bonds. The van der Waals surface area contributed by atoms with Crippen molar-refractivity contribution in [2.75, 3.05) is 6.54 Å². The number of hydrogen-bond acceptors (Lipinski definition) is 1. The van der Waals surface area contributed by atoms with Gasteiger partial charge in [-0.2, -0.15) is 0 Å². The summed E-state index contributed by atoms with van der Waals surface area (Å²) in [4.78, 5) is 3.35. The minimum Gasteiger partial charge on any atom is -0.361 e. The number of aromatic amines is 1. The van der Waals surface area contributed by atoms with Crippen LogP contribution < -0.4 is 5.73 Å². The van der Waals surface area contributed by atoms with Crippen LogP contribution >= 0.6 is 0 Å². The number of rotatable bonds is 4. The van der Waals surface area contributed by atoms with Gasteiger partial charge in [0.25, 0.3) is 0 Å². The van der Waals surface area contributed by atoms with Crippen molar-refractivity contribution in [1.82, 2.24) is 4.98 Å². The van der Waals surface area contributed by atoms with Gasteiger partial charge < -0.3 is 10.7 Å². The first-order valence-electron chi connectivity index (χ1n) is 7.15. The fraction of sp³-hybridized carbons (Fsp3) is 0.222. The summed E-state index contributed by atoms with van der Waals surface area (Å²) in [7, 11) is 0. The SMILES string of the molecule is Cc1cccc(-c2ccc3[nH]cc(CCCN)c3c2)c1. The van der Waals surface area contributed by atoms with E-state index in [4.69, 9.17) is 5.73 Å². The summed E-state index contributed by atoms with van der Waals surface area (Å²) in [6.07, 6.45) is 4.18. The van der Waals surface area contributed by atoms with E-state index in [1.54, 1.807) is 0 Å². The first-order valence-corrected chi connectivity index (χ1v) is 7.15. The number of nitrogens with two attached hydrogens (primary N) is 1. The molecule has 0 bridgehead atoms. The second-order valence-electron chi connectivity index (χ2n) is 5.34. The van der Waals surface area contributed by atoms with Crippen molar-refractivity contribution < 1.29 is 0 Å². The fourth-order valence-electron chi connectivity index (χ4n) is 2.68. The number of nitrogens with one attached hydrogen (secondary N) is 1. The Morgan fingerprint density at radius 1 is 1.05 bits per heavy atom. The third-order valence-corrected chi connectivity index (χ3v) is 3.77. The van der Waals surface area contributed by atoms with Gasteiger partial charge in [-0.25, -0.2) is 0 Å². The van der Waals surface area contributed by atoms with Crippen LogP contribution in [0.1, 0.15) is 17.5 Å². The van der Waals surface area contributed by atoms with Gasteiger partial charge in [-0.1, -0.05) is 35.9 Å². The summed E-state index contributed by atoms with van der Waals surface area (Å²) >= 11 is 0. The van der Waals surface area contributed by atoms with Gasteiger partial charge in [-0.05, 0) is 55.1 Å². The van der Waals surface area contributed by atoms with Crippen molar-refractivity contribution in [2.24, 2.45) is 5.73 Å². The lowest BCUT2D eigenvalue weighted by atomic mass is 10.00. The second kappa shape index (κ2) is 5.51. The molecule has 0 fully saturated rings. The molecule has 1 heterocycles. The Kier molecular flexibility index (Phi) is 3.57. The highest BCUT2D eigenvalue weighted by molar-refractivity contribution is 5.88. The highest BCUT2D eigenvalue weighted by Gasteiger charge is 2.05. The maximum atomic E-state index is 5.62. The predicted octanol–water partition coefficient (Wildman–Crippen LogP) is 4.03. The first-order chi connectivity index (χ1) is 9.78. The van der Waals surface area contributed by atoms with Crippen LogP contribution in [0.15, 0.2) is 48.7 Å². The molecule has 20 heavy (non-hydrogen) atoms. The smallest absolute Gasteiger partial charge is 0.0457 e. The molecular weight excluding hydrogens is 244 g/mol. The van der Waals surface area contributed by atoms with Crippen LogP contribution in [0.2, 0.25) is 0 Å². The molecule has 0 radical (unpaired) electrons. The van der Waals surface area contributed by atoms with Gasteiger partial charge in [-0.3, -0.25) is 0 Å². The number of aryl methyl sites for hydroxylation is 2. The van der Waals surface area contributed by atoms with Gasteiger partial charge in [0, 0.05) is 17.1 Å². The second-order valence-corrected chi connectivity index (χ2v) is 5.34. The molecular formula is C18H20N2. The molecule has 0 saturated heterocycles. The van der Waals surface area contributed by atoms with Crippen LogP contribution in [0.25, 0.3) is 22.0 Å². The molecule has 2 aromatic carbocycles. The molecule has 3 aromatic rings. The van der Waals surface area contributed by atoms with Crippen molar-refractivity contribution in [1.29, 1.82) is 0 Å². The van der Waals surface area contributed by atoms with E-state index in [1.807, 2.05) is 0 Å². The van der Waals surface area contributed by atoms with Crippen molar-refractivity contribution in [3.63, 3.8) is 0 Å². The van der Waals surface area contributed by atoms with Gasteiger partial charge in [-0.15, -0.1) is 0 Å². The molecule has 102 valence electrons. The van der Waals surface area contributed by atoms with Gasteiger partial charge in [0.15, 0.2) is 0 Å². The van der Waals surface area contributed by atoms with Crippen molar-refractivity contribution >= 4 is 10.9 Å². The van der Waals surface area contributed by atoms with Crippen LogP contribution in [0.5, 0.6) is 0 Å². The van der Waals surface area contributed by atoms with E-state index >= 15 is 0 Å². The van der Waals surface area contributed by atoms with E-state index in [9.17, 15) is 0 Å². The Labute approximate surface area is 119 Å². The fourth-order valence-corrected chi connectivity index (χ4v) is 2.68. The Morgan fingerprint density at radius 2 is 1.90 bits per heavy atom. The average molecular weight is 264 g/mol. The maximum Gasteiger partial charge on any atom is 0.0457 e. The van der Waals surface area contributed by atoms with Crippen molar-refractivity contribution in [2.45, 2.75) is 19.8 Å². The Bertz CT molecular complexity index is 725. The molecule has 0 spiro atoms. The Balaban J connectivity index is 2.04. The zero-order valence-electron chi connectivity index (χ0n) is 11.8. The van der Waals surface area contributed by atoms with Crippen LogP contribution in [0, 0.1) is 6.92 Å². The molecule has 0 unspecified atom stereocenters. The zero-order valence-corrected chi connectivity index (χ0v) is 11.8. The maximum absolute atomic E-state index is 5.62. The lowest BCUT2D eigenvalue weighted by Crippen LogP contribution is -1.99. The predicted molar refractivity (Wildman–Crippen MR) is 85.8 cm³/mol. The number of H-pyrrole nitrogens is 1. The lowest BCUT2D eigenvalue weighted by molar-refractivity contribution is 0.837. The molecule has 0 aliphatic heterocycles. The number of benzene rings is 2. The molecule has 3 N–H and O–H groups in total. The Hall–Kier alpha value is -2.06. The summed E-state index contributed by atoms with van der Waals surface area (Å²) in [5.41, 5.74) is 12.0. The van der Waals surface area contributed by atoms with E-state index < -0.39 is 0 Å². The third kappa shape index (κ3) is 2.47. The summed E-state index contributed by atoms with van der Waals surface area (Å²) in [6.45, 7) is 2.87. The topological polar surface area (TPSA) is 41.8 Å². The monoisotopic (exact) mass is 264 g/mol. The molecule has 3 rings (SSSR count). The van der Waals surface area contributed by atoms with E-state index in [2.05, 4.69) is 60.6 Å². The third-order valence-electron chi connectivity index (χ3n) is 3.77. The van der Waals surface area contributed by atoms with E-state index in [1.165, 1.54) is 33.2 Å². The number of aromatic nitrogens is 1. The molecule has 2 heteroatoms. The van der Waals surface area contributed by atoms with Crippen LogP contribution in [0.4, 0.5) is 0 Å². The average Bonchev–Trinajstić information content (AvgIpc) is 2.87. The van der Waals surface area contributed by atoms with E-state index in [-0.39, 0.29) is 0 Å². The van der Waals surface area contributed by atoms with E-state index in [0.29, 0.717) is 0 Å². The molecule has 0 aliphatic carbocycles. The van der Waals surface area contributed by atoms with Crippen LogP contribution in [-0.4, -0.2) is 11.5 Å². The summed E-state index contributed by atoms with van der Waals surface area (Å²) in [6, 6.07) is 15.3. The quantitative estimate of drug-likeness (QED) is 0.734. The summed E-state index contributed by atoms with van der Waals surface area (Å²) in [5.74, 6) is 0.